The highest BCUT2D eigenvalue weighted by Gasteiger charge is 2.41. The number of anilines is 1. The minimum atomic E-state index is -0.906. The van der Waals surface area contributed by atoms with Gasteiger partial charge in [0.2, 0.25) is 0 Å². The van der Waals surface area contributed by atoms with Crippen molar-refractivity contribution in [3.05, 3.63) is 12.5 Å². The van der Waals surface area contributed by atoms with Crippen molar-refractivity contribution >= 4 is 22.8 Å². The van der Waals surface area contributed by atoms with Gasteiger partial charge >= 0.3 is 5.97 Å². The number of aryl methyl sites for hydroxylation is 1. The largest absolute Gasteiger partial charge is 0.480 e. The third kappa shape index (κ3) is 1.81. The van der Waals surface area contributed by atoms with Crippen molar-refractivity contribution < 1.29 is 9.90 Å². The molecular weight excluding hydrogens is 246 g/mol. The fourth-order valence-electron chi connectivity index (χ4n) is 2.66. The minimum absolute atomic E-state index is 0.544. The third-order valence-electron chi connectivity index (χ3n) is 3.75. The SMILES string of the molecule is Cn1ncc2c(NC3(C(=O)O)CCCC3)ncnc21. The minimum Gasteiger partial charge on any atom is -0.480 e. The van der Waals surface area contributed by atoms with Crippen LogP contribution in [0.15, 0.2) is 12.5 Å². The summed E-state index contributed by atoms with van der Waals surface area (Å²) in [5, 5.41) is 17.5. The van der Waals surface area contributed by atoms with Crippen LogP contribution in [0.2, 0.25) is 0 Å². The molecule has 100 valence electrons. The first-order chi connectivity index (χ1) is 9.12. The Morgan fingerprint density at radius 3 is 2.84 bits per heavy atom. The van der Waals surface area contributed by atoms with E-state index in [1.165, 1.54) is 6.33 Å². The molecule has 0 bridgehead atoms. The fraction of sp³-hybridized carbons (Fsp3) is 0.500. The maximum atomic E-state index is 11.5. The molecule has 0 radical (unpaired) electrons. The number of carboxylic acids is 1. The van der Waals surface area contributed by atoms with Crippen LogP contribution in [0.5, 0.6) is 0 Å². The normalized spacial score (nSPS) is 17.7. The molecule has 0 aromatic carbocycles. The predicted molar refractivity (Wildman–Crippen MR) is 68.8 cm³/mol. The molecule has 7 nitrogen and oxygen atoms in total. The lowest BCUT2D eigenvalue weighted by molar-refractivity contribution is -0.142. The summed E-state index contributed by atoms with van der Waals surface area (Å²) in [5.41, 5.74) is -0.215. The van der Waals surface area contributed by atoms with Crippen LogP contribution >= 0.6 is 0 Å². The quantitative estimate of drug-likeness (QED) is 0.861. The van der Waals surface area contributed by atoms with Crippen molar-refractivity contribution in [2.75, 3.05) is 5.32 Å². The van der Waals surface area contributed by atoms with Crippen molar-refractivity contribution in [2.45, 2.75) is 31.2 Å². The molecule has 2 aromatic heterocycles. The number of hydrogen-bond donors (Lipinski definition) is 2. The molecule has 0 atom stereocenters. The number of aromatic nitrogens is 4. The summed E-state index contributed by atoms with van der Waals surface area (Å²) in [6, 6.07) is 0. The van der Waals surface area contributed by atoms with Gasteiger partial charge in [0, 0.05) is 7.05 Å². The molecule has 0 saturated heterocycles. The maximum Gasteiger partial charge on any atom is 0.329 e. The van der Waals surface area contributed by atoms with Crippen molar-refractivity contribution in [3.8, 4) is 0 Å². The van der Waals surface area contributed by atoms with Crippen LogP contribution in [-0.2, 0) is 11.8 Å². The molecule has 1 aliphatic rings. The van der Waals surface area contributed by atoms with Crippen LogP contribution < -0.4 is 5.32 Å². The molecule has 1 saturated carbocycles. The zero-order valence-electron chi connectivity index (χ0n) is 10.6. The van der Waals surface area contributed by atoms with E-state index in [1.54, 1.807) is 17.9 Å². The molecular formula is C12H15N5O2. The van der Waals surface area contributed by atoms with Crippen molar-refractivity contribution in [1.82, 2.24) is 19.7 Å². The van der Waals surface area contributed by atoms with Crippen LogP contribution in [0.1, 0.15) is 25.7 Å². The van der Waals surface area contributed by atoms with Gasteiger partial charge in [-0.1, -0.05) is 12.8 Å². The van der Waals surface area contributed by atoms with E-state index in [1.807, 2.05) is 0 Å². The van der Waals surface area contributed by atoms with E-state index in [-0.39, 0.29) is 0 Å². The molecule has 2 heterocycles. The van der Waals surface area contributed by atoms with Crippen LogP contribution in [0.25, 0.3) is 11.0 Å². The second kappa shape index (κ2) is 4.18. The highest BCUT2D eigenvalue weighted by atomic mass is 16.4. The summed E-state index contributed by atoms with van der Waals surface area (Å²) in [7, 11) is 1.79. The second-order valence-corrected chi connectivity index (χ2v) is 4.95. The van der Waals surface area contributed by atoms with Crippen LogP contribution in [0, 0.1) is 0 Å². The van der Waals surface area contributed by atoms with E-state index >= 15 is 0 Å². The number of rotatable bonds is 3. The summed E-state index contributed by atoms with van der Waals surface area (Å²) >= 11 is 0. The number of aliphatic carboxylic acids is 1. The first-order valence-corrected chi connectivity index (χ1v) is 6.27. The van der Waals surface area contributed by atoms with Crippen LogP contribution in [-0.4, -0.2) is 36.4 Å². The van der Waals surface area contributed by atoms with Gasteiger partial charge in [0.25, 0.3) is 0 Å². The number of carboxylic acid groups (broad SMARTS) is 1. The molecule has 0 amide bonds. The topological polar surface area (TPSA) is 92.9 Å². The van der Waals surface area contributed by atoms with E-state index in [4.69, 9.17) is 0 Å². The van der Waals surface area contributed by atoms with Crippen molar-refractivity contribution in [3.63, 3.8) is 0 Å². The van der Waals surface area contributed by atoms with Gasteiger partial charge in [0.15, 0.2) is 5.65 Å². The van der Waals surface area contributed by atoms with Gasteiger partial charge in [-0.15, -0.1) is 0 Å². The number of nitrogens with one attached hydrogen (secondary N) is 1. The molecule has 1 fully saturated rings. The van der Waals surface area contributed by atoms with Gasteiger partial charge in [-0.3, -0.25) is 4.68 Å². The smallest absolute Gasteiger partial charge is 0.329 e. The van der Waals surface area contributed by atoms with Gasteiger partial charge in [-0.2, -0.15) is 5.10 Å². The van der Waals surface area contributed by atoms with Crippen molar-refractivity contribution in [1.29, 1.82) is 0 Å². The van der Waals surface area contributed by atoms with E-state index in [9.17, 15) is 9.90 Å². The number of nitrogens with zero attached hydrogens (tertiary/aromatic N) is 4. The fourth-order valence-corrected chi connectivity index (χ4v) is 2.66. The Morgan fingerprint density at radius 2 is 2.16 bits per heavy atom. The molecule has 1 aliphatic carbocycles. The van der Waals surface area contributed by atoms with Crippen LogP contribution in [0.3, 0.4) is 0 Å². The Hall–Kier alpha value is -2.18. The Bertz CT molecular complexity index is 630. The lowest BCUT2D eigenvalue weighted by Gasteiger charge is -2.26. The zero-order chi connectivity index (χ0) is 13.5. The molecule has 7 heteroatoms. The Kier molecular flexibility index (Phi) is 2.62. The molecule has 0 spiro atoms. The molecule has 0 aliphatic heterocycles. The van der Waals surface area contributed by atoms with Gasteiger partial charge in [0.05, 0.1) is 11.6 Å². The van der Waals surface area contributed by atoms with E-state index in [2.05, 4.69) is 20.4 Å². The summed E-state index contributed by atoms with van der Waals surface area (Å²) in [5.74, 6) is -0.275. The molecule has 2 aromatic rings. The van der Waals surface area contributed by atoms with E-state index in [0.29, 0.717) is 24.3 Å². The average molecular weight is 261 g/mol. The highest BCUT2D eigenvalue weighted by molar-refractivity contribution is 5.90. The van der Waals surface area contributed by atoms with Gasteiger partial charge in [0.1, 0.15) is 17.7 Å². The number of fused-ring (bicyclic) bond motifs is 1. The Labute approximate surface area is 109 Å². The standard InChI is InChI=1S/C12H15N5O2/c1-17-10-8(6-15-17)9(13-7-14-10)16-12(11(18)19)4-2-3-5-12/h6-7H,2-5H2,1H3,(H,18,19)(H,13,14,16). The summed E-state index contributed by atoms with van der Waals surface area (Å²) < 4.78 is 1.64. The van der Waals surface area contributed by atoms with E-state index in [0.717, 1.165) is 18.2 Å². The lowest BCUT2D eigenvalue weighted by atomic mass is 9.98. The van der Waals surface area contributed by atoms with E-state index < -0.39 is 11.5 Å². The molecule has 3 rings (SSSR count). The molecule has 0 unspecified atom stereocenters. The van der Waals surface area contributed by atoms with Gasteiger partial charge in [-0.05, 0) is 12.8 Å². The third-order valence-corrected chi connectivity index (χ3v) is 3.75. The van der Waals surface area contributed by atoms with Crippen molar-refractivity contribution in [2.24, 2.45) is 7.05 Å². The molecule has 19 heavy (non-hydrogen) atoms. The predicted octanol–water partition coefficient (Wildman–Crippen LogP) is 1.17. The lowest BCUT2D eigenvalue weighted by Crippen LogP contribution is -2.44. The van der Waals surface area contributed by atoms with Crippen LogP contribution in [0.4, 0.5) is 5.82 Å². The first-order valence-electron chi connectivity index (χ1n) is 6.27. The monoisotopic (exact) mass is 261 g/mol. The summed E-state index contributed by atoms with van der Waals surface area (Å²) in [4.78, 5) is 19.9. The number of hydrogen-bond acceptors (Lipinski definition) is 5. The highest BCUT2D eigenvalue weighted by Crippen LogP contribution is 2.34. The summed E-state index contributed by atoms with van der Waals surface area (Å²) in [6.07, 6.45) is 6.16. The Balaban J connectivity index is 2.03. The summed E-state index contributed by atoms with van der Waals surface area (Å²) in [6.45, 7) is 0. The first kappa shape index (κ1) is 11.9. The second-order valence-electron chi connectivity index (χ2n) is 4.95. The van der Waals surface area contributed by atoms with Gasteiger partial charge in [-0.25, -0.2) is 14.8 Å². The van der Waals surface area contributed by atoms with Gasteiger partial charge < -0.3 is 10.4 Å². The number of carbonyl (C=O) groups is 1. The Morgan fingerprint density at radius 1 is 1.42 bits per heavy atom. The average Bonchev–Trinajstić information content (AvgIpc) is 2.99. The maximum absolute atomic E-state index is 11.5. The molecule has 2 N–H and O–H groups in total. The zero-order valence-corrected chi connectivity index (χ0v) is 10.6.